The molecule has 2 rings (SSSR count). The Morgan fingerprint density at radius 2 is 1.78 bits per heavy atom. The van der Waals surface area contributed by atoms with E-state index >= 15 is 0 Å². The Morgan fingerprint density at radius 1 is 0.889 bits per heavy atom. The third-order valence-electron chi connectivity index (χ3n) is 3.03. The van der Waals surface area contributed by atoms with Crippen molar-refractivity contribution in [1.82, 2.24) is 5.32 Å². The Labute approximate surface area is 114 Å². The quantitative estimate of drug-likeness (QED) is 0.699. The van der Waals surface area contributed by atoms with E-state index in [0.29, 0.717) is 0 Å². The van der Waals surface area contributed by atoms with Crippen LogP contribution in [0.3, 0.4) is 0 Å². The van der Waals surface area contributed by atoms with E-state index in [1.165, 1.54) is 36.1 Å². The van der Waals surface area contributed by atoms with E-state index in [4.69, 9.17) is 0 Å². The molecule has 0 aliphatic rings. The van der Waals surface area contributed by atoms with Gasteiger partial charge in [0.05, 0.1) is 0 Å². The van der Waals surface area contributed by atoms with Gasteiger partial charge in [-0.15, -0.1) is 11.3 Å². The molecular formula is C16H21NS. The standard InChI is InChI=1S/C16H21NS/c1-3-8-15(9-4-1)14-17-12-6-2-5-10-16-11-7-13-18-16/h1,3-4,7-9,11,13,17H,2,5-6,10,12,14H2. The van der Waals surface area contributed by atoms with Gasteiger partial charge >= 0.3 is 0 Å². The van der Waals surface area contributed by atoms with Crippen molar-refractivity contribution >= 4 is 11.3 Å². The van der Waals surface area contributed by atoms with Crippen molar-refractivity contribution in [3.05, 3.63) is 58.3 Å². The summed E-state index contributed by atoms with van der Waals surface area (Å²) < 4.78 is 0. The Kier molecular flexibility index (Phi) is 5.97. The highest BCUT2D eigenvalue weighted by molar-refractivity contribution is 7.09. The SMILES string of the molecule is c1ccc(CNCCCCCc2cccs2)cc1. The molecule has 1 N–H and O–H groups in total. The highest BCUT2D eigenvalue weighted by Crippen LogP contribution is 2.12. The fraction of sp³-hybridized carbons (Fsp3) is 0.375. The molecule has 1 aromatic carbocycles. The number of nitrogens with one attached hydrogen (secondary N) is 1. The minimum absolute atomic E-state index is 0.992. The highest BCUT2D eigenvalue weighted by Gasteiger charge is 1.95. The normalized spacial score (nSPS) is 10.7. The molecule has 0 radical (unpaired) electrons. The minimum atomic E-state index is 0.992. The molecule has 2 aromatic rings. The largest absolute Gasteiger partial charge is 0.313 e. The highest BCUT2D eigenvalue weighted by atomic mass is 32.1. The number of unbranched alkanes of at least 4 members (excludes halogenated alkanes) is 2. The van der Waals surface area contributed by atoms with Crippen LogP contribution in [0.4, 0.5) is 0 Å². The summed E-state index contributed by atoms with van der Waals surface area (Å²) in [6.45, 7) is 2.12. The van der Waals surface area contributed by atoms with Gasteiger partial charge in [-0.1, -0.05) is 42.8 Å². The van der Waals surface area contributed by atoms with Gasteiger partial charge < -0.3 is 5.32 Å². The van der Waals surface area contributed by atoms with Gasteiger partial charge in [0.15, 0.2) is 0 Å². The Morgan fingerprint density at radius 3 is 2.56 bits per heavy atom. The second kappa shape index (κ2) is 8.06. The summed E-state index contributed by atoms with van der Waals surface area (Å²) in [6, 6.07) is 15.0. The van der Waals surface area contributed by atoms with Crippen LogP contribution in [-0.4, -0.2) is 6.54 Å². The number of hydrogen-bond donors (Lipinski definition) is 1. The van der Waals surface area contributed by atoms with Crippen molar-refractivity contribution < 1.29 is 0 Å². The van der Waals surface area contributed by atoms with E-state index in [0.717, 1.165) is 13.1 Å². The van der Waals surface area contributed by atoms with Gasteiger partial charge in [0.2, 0.25) is 0 Å². The lowest BCUT2D eigenvalue weighted by atomic mass is 10.1. The van der Waals surface area contributed by atoms with Crippen LogP contribution in [0.1, 0.15) is 29.7 Å². The Bertz CT molecular complexity index is 408. The van der Waals surface area contributed by atoms with Crippen LogP contribution in [0, 0.1) is 0 Å². The zero-order valence-corrected chi connectivity index (χ0v) is 11.6. The smallest absolute Gasteiger partial charge is 0.0205 e. The zero-order chi connectivity index (χ0) is 12.5. The molecule has 0 atom stereocenters. The van der Waals surface area contributed by atoms with Crippen LogP contribution < -0.4 is 5.32 Å². The molecular weight excluding hydrogens is 238 g/mol. The molecule has 0 saturated carbocycles. The van der Waals surface area contributed by atoms with Crippen molar-refractivity contribution in [1.29, 1.82) is 0 Å². The summed E-state index contributed by atoms with van der Waals surface area (Å²) in [5.74, 6) is 0. The van der Waals surface area contributed by atoms with Crippen LogP contribution in [0.5, 0.6) is 0 Å². The van der Waals surface area contributed by atoms with E-state index in [1.807, 2.05) is 11.3 Å². The number of benzene rings is 1. The monoisotopic (exact) mass is 259 g/mol. The molecule has 96 valence electrons. The fourth-order valence-corrected chi connectivity index (χ4v) is 2.76. The van der Waals surface area contributed by atoms with Gasteiger partial charge in [-0.25, -0.2) is 0 Å². The van der Waals surface area contributed by atoms with E-state index in [-0.39, 0.29) is 0 Å². The van der Waals surface area contributed by atoms with Crippen LogP contribution in [-0.2, 0) is 13.0 Å². The second-order valence-corrected chi connectivity index (χ2v) is 5.58. The van der Waals surface area contributed by atoms with Crippen molar-refractivity contribution in [3.8, 4) is 0 Å². The average Bonchev–Trinajstić information content (AvgIpc) is 2.92. The van der Waals surface area contributed by atoms with Gasteiger partial charge in [-0.3, -0.25) is 0 Å². The molecule has 18 heavy (non-hydrogen) atoms. The molecule has 0 unspecified atom stereocenters. The van der Waals surface area contributed by atoms with Crippen LogP contribution in [0.25, 0.3) is 0 Å². The molecule has 0 aliphatic carbocycles. The molecule has 0 aliphatic heterocycles. The maximum atomic E-state index is 3.50. The molecule has 1 nitrogen and oxygen atoms in total. The molecule has 0 amide bonds. The Balaban J connectivity index is 1.47. The van der Waals surface area contributed by atoms with Crippen molar-refractivity contribution in [2.24, 2.45) is 0 Å². The minimum Gasteiger partial charge on any atom is -0.313 e. The predicted octanol–water partition coefficient (Wildman–Crippen LogP) is 4.25. The van der Waals surface area contributed by atoms with E-state index in [1.54, 1.807) is 0 Å². The third kappa shape index (κ3) is 5.03. The zero-order valence-electron chi connectivity index (χ0n) is 10.8. The number of hydrogen-bond acceptors (Lipinski definition) is 2. The number of aryl methyl sites for hydroxylation is 1. The van der Waals surface area contributed by atoms with Gasteiger partial charge in [0, 0.05) is 11.4 Å². The number of thiophene rings is 1. The Hall–Kier alpha value is -1.12. The first-order valence-electron chi connectivity index (χ1n) is 6.72. The first-order chi connectivity index (χ1) is 8.95. The summed E-state index contributed by atoms with van der Waals surface area (Å²) in [5, 5.41) is 5.66. The molecule has 2 heteroatoms. The lowest BCUT2D eigenvalue weighted by Gasteiger charge is -2.04. The second-order valence-electron chi connectivity index (χ2n) is 4.55. The molecule has 1 aromatic heterocycles. The van der Waals surface area contributed by atoms with E-state index in [2.05, 4.69) is 53.2 Å². The maximum Gasteiger partial charge on any atom is 0.0205 e. The van der Waals surface area contributed by atoms with Crippen molar-refractivity contribution in [2.45, 2.75) is 32.2 Å². The summed E-state index contributed by atoms with van der Waals surface area (Å²) in [6.07, 6.45) is 5.15. The summed E-state index contributed by atoms with van der Waals surface area (Å²) in [5.41, 5.74) is 1.37. The average molecular weight is 259 g/mol. The summed E-state index contributed by atoms with van der Waals surface area (Å²) in [7, 11) is 0. The van der Waals surface area contributed by atoms with Crippen LogP contribution >= 0.6 is 11.3 Å². The predicted molar refractivity (Wildman–Crippen MR) is 80.0 cm³/mol. The maximum absolute atomic E-state index is 3.50. The van der Waals surface area contributed by atoms with Crippen molar-refractivity contribution in [3.63, 3.8) is 0 Å². The molecule has 1 heterocycles. The van der Waals surface area contributed by atoms with Crippen LogP contribution in [0.15, 0.2) is 47.8 Å². The van der Waals surface area contributed by atoms with Crippen molar-refractivity contribution in [2.75, 3.05) is 6.54 Å². The lowest BCUT2D eigenvalue weighted by Crippen LogP contribution is -2.14. The first kappa shape index (κ1) is 13.3. The summed E-state index contributed by atoms with van der Waals surface area (Å²) >= 11 is 1.87. The fourth-order valence-electron chi connectivity index (χ4n) is 2.01. The van der Waals surface area contributed by atoms with Gasteiger partial charge in [-0.2, -0.15) is 0 Å². The molecule has 0 fully saturated rings. The topological polar surface area (TPSA) is 12.0 Å². The first-order valence-corrected chi connectivity index (χ1v) is 7.60. The third-order valence-corrected chi connectivity index (χ3v) is 3.96. The van der Waals surface area contributed by atoms with Gasteiger partial charge in [0.1, 0.15) is 0 Å². The van der Waals surface area contributed by atoms with E-state index in [9.17, 15) is 0 Å². The summed E-state index contributed by atoms with van der Waals surface area (Å²) in [4.78, 5) is 1.52. The molecule has 0 spiro atoms. The van der Waals surface area contributed by atoms with Crippen LogP contribution in [0.2, 0.25) is 0 Å². The van der Waals surface area contributed by atoms with Gasteiger partial charge in [0.25, 0.3) is 0 Å². The molecule has 0 bridgehead atoms. The molecule has 0 saturated heterocycles. The lowest BCUT2D eigenvalue weighted by molar-refractivity contribution is 0.604. The number of rotatable bonds is 8. The van der Waals surface area contributed by atoms with E-state index < -0.39 is 0 Å². The van der Waals surface area contributed by atoms with Gasteiger partial charge in [-0.05, 0) is 42.8 Å².